The molecule has 0 aliphatic carbocycles. The number of carbonyl (C=O) groups is 2. The third-order valence-corrected chi connectivity index (χ3v) is 5.79. The molecular formula is C26H50CaO4. The van der Waals surface area contributed by atoms with Crippen LogP contribution in [0.25, 0.3) is 0 Å². The number of aliphatic carboxylic acids is 2. The van der Waals surface area contributed by atoms with E-state index in [-0.39, 0.29) is 49.6 Å². The van der Waals surface area contributed by atoms with E-state index in [1.165, 1.54) is 89.9 Å². The maximum atomic E-state index is 10.4. The fraction of sp³-hybridized carbons (Fsp3) is 0.923. The molecule has 0 aromatic rings. The first kappa shape index (κ1) is 35.8. The molecule has 5 heteroatoms. The van der Waals surface area contributed by atoms with E-state index in [4.69, 9.17) is 0 Å². The van der Waals surface area contributed by atoms with Crippen molar-refractivity contribution in [2.75, 3.05) is 0 Å². The zero-order valence-electron chi connectivity index (χ0n) is 21.2. The van der Waals surface area contributed by atoms with Crippen LogP contribution >= 0.6 is 0 Å². The Morgan fingerprint density at radius 2 is 0.742 bits per heavy atom. The van der Waals surface area contributed by atoms with Gasteiger partial charge in [0.2, 0.25) is 0 Å². The SMILES string of the molecule is CCCCCCCCCCC(C)C(=O)[O-].CCCCCCCCCCC(C)C(=O)[O-].[Ca+2]. The average molecular weight is 467 g/mol. The topological polar surface area (TPSA) is 80.3 Å². The van der Waals surface area contributed by atoms with Crippen LogP contribution in [0.1, 0.15) is 143 Å². The van der Waals surface area contributed by atoms with Gasteiger partial charge in [-0.3, -0.25) is 0 Å². The van der Waals surface area contributed by atoms with E-state index in [0.717, 1.165) is 25.7 Å². The Bertz CT molecular complexity index is 352. The molecule has 0 amide bonds. The van der Waals surface area contributed by atoms with Crippen molar-refractivity contribution in [2.45, 2.75) is 143 Å². The molecular weight excluding hydrogens is 416 g/mol. The molecule has 0 radical (unpaired) electrons. The van der Waals surface area contributed by atoms with E-state index in [1.54, 1.807) is 13.8 Å². The van der Waals surface area contributed by atoms with Crippen LogP contribution in [-0.4, -0.2) is 49.7 Å². The smallest absolute Gasteiger partial charge is 0.550 e. The number of carboxylic acids is 2. The van der Waals surface area contributed by atoms with Crippen LogP contribution in [0.5, 0.6) is 0 Å². The van der Waals surface area contributed by atoms with Crippen molar-refractivity contribution in [1.29, 1.82) is 0 Å². The molecule has 0 N–H and O–H groups in total. The Hall–Kier alpha value is 0.200. The van der Waals surface area contributed by atoms with Crippen LogP contribution in [0.3, 0.4) is 0 Å². The third kappa shape index (κ3) is 30.2. The normalized spacial score (nSPS) is 12.3. The number of hydrogen-bond acceptors (Lipinski definition) is 4. The molecule has 0 aromatic heterocycles. The van der Waals surface area contributed by atoms with Gasteiger partial charge in [0.15, 0.2) is 0 Å². The quantitative estimate of drug-likeness (QED) is 0.177. The second kappa shape index (κ2) is 28.2. The minimum atomic E-state index is -0.905. The van der Waals surface area contributed by atoms with Crippen molar-refractivity contribution in [3.05, 3.63) is 0 Å². The summed E-state index contributed by atoms with van der Waals surface area (Å²) >= 11 is 0. The molecule has 4 nitrogen and oxygen atoms in total. The average Bonchev–Trinajstić information content (AvgIpc) is 2.71. The summed E-state index contributed by atoms with van der Waals surface area (Å²) < 4.78 is 0. The summed E-state index contributed by atoms with van der Waals surface area (Å²) in [6, 6.07) is 0. The van der Waals surface area contributed by atoms with Crippen molar-refractivity contribution in [3.63, 3.8) is 0 Å². The number of carboxylic acid groups (broad SMARTS) is 2. The third-order valence-electron chi connectivity index (χ3n) is 5.79. The van der Waals surface area contributed by atoms with Gasteiger partial charge in [-0.05, 0) is 24.7 Å². The van der Waals surface area contributed by atoms with Crippen LogP contribution in [0, 0.1) is 11.8 Å². The van der Waals surface area contributed by atoms with Crippen LogP contribution < -0.4 is 10.2 Å². The summed E-state index contributed by atoms with van der Waals surface area (Å²) in [6.45, 7) is 7.91. The van der Waals surface area contributed by atoms with Gasteiger partial charge < -0.3 is 19.8 Å². The molecule has 0 saturated heterocycles. The number of rotatable bonds is 20. The van der Waals surface area contributed by atoms with E-state index in [0.29, 0.717) is 0 Å². The Balaban J connectivity index is -0.000000490. The molecule has 0 aromatic carbocycles. The molecule has 0 spiro atoms. The molecule has 0 aliphatic rings. The Morgan fingerprint density at radius 1 is 0.516 bits per heavy atom. The molecule has 2 atom stereocenters. The molecule has 0 bridgehead atoms. The van der Waals surface area contributed by atoms with Crippen LogP contribution in [0.15, 0.2) is 0 Å². The van der Waals surface area contributed by atoms with E-state index in [9.17, 15) is 19.8 Å². The molecule has 0 fully saturated rings. The molecule has 31 heavy (non-hydrogen) atoms. The minimum absolute atomic E-state index is 0. The first-order valence-corrected chi connectivity index (χ1v) is 12.8. The second-order valence-electron chi connectivity index (χ2n) is 8.97. The summed E-state index contributed by atoms with van der Waals surface area (Å²) in [5, 5.41) is 20.9. The molecule has 0 aliphatic heterocycles. The van der Waals surface area contributed by atoms with Gasteiger partial charge in [-0.1, -0.05) is 130 Å². The van der Waals surface area contributed by atoms with Gasteiger partial charge in [-0.25, -0.2) is 0 Å². The van der Waals surface area contributed by atoms with Gasteiger partial charge in [0.25, 0.3) is 0 Å². The van der Waals surface area contributed by atoms with Gasteiger partial charge >= 0.3 is 37.7 Å². The molecule has 0 rings (SSSR count). The van der Waals surface area contributed by atoms with Gasteiger partial charge in [0.05, 0.1) is 0 Å². The fourth-order valence-electron chi connectivity index (χ4n) is 3.40. The maximum Gasteiger partial charge on any atom is 2.00 e. The Kier molecular flexibility index (Phi) is 32.6. The van der Waals surface area contributed by atoms with E-state index < -0.39 is 11.9 Å². The molecule has 0 saturated carbocycles. The van der Waals surface area contributed by atoms with Crippen molar-refractivity contribution < 1.29 is 19.8 Å². The van der Waals surface area contributed by atoms with Crippen molar-refractivity contribution in [2.24, 2.45) is 11.8 Å². The molecule has 2 unspecified atom stereocenters. The summed E-state index contributed by atoms with van der Waals surface area (Å²) in [5.41, 5.74) is 0. The zero-order chi connectivity index (χ0) is 23.0. The van der Waals surface area contributed by atoms with Crippen LogP contribution in [0.4, 0.5) is 0 Å². The molecule has 180 valence electrons. The Labute approximate surface area is 223 Å². The summed E-state index contributed by atoms with van der Waals surface area (Å²) in [6.07, 6.45) is 21.7. The van der Waals surface area contributed by atoms with Crippen LogP contribution in [0.2, 0.25) is 0 Å². The monoisotopic (exact) mass is 466 g/mol. The number of unbranched alkanes of at least 4 members (excludes halogenated alkanes) is 14. The first-order valence-electron chi connectivity index (χ1n) is 12.8. The van der Waals surface area contributed by atoms with E-state index in [2.05, 4.69) is 13.8 Å². The largest absolute Gasteiger partial charge is 2.00 e. The maximum absolute atomic E-state index is 10.4. The minimum Gasteiger partial charge on any atom is -0.550 e. The van der Waals surface area contributed by atoms with Gasteiger partial charge in [0.1, 0.15) is 0 Å². The Morgan fingerprint density at radius 3 is 0.968 bits per heavy atom. The van der Waals surface area contributed by atoms with Gasteiger partial charge in [-0.15, -0.1) is 0 Å². The standard InChI is InChI=1S/2C13H26O2.Ca/c2*1-3-4-5-6-7-8-9-10-11-12(2)13(14)15;/h2*12H,3-11H2,1-2H3,(H,14,15);/q;;+2/p-2. The van der Waals surface area contributed by atoms with Crippen LogP contribution in [-0.2, 0) is 9.59 Å². The number of hydrogen-bond donors (Lipinski definition) is 0. The number of carbonyl (C=O) groups excluding carboxylic acids is 2. The first-order chi connectivity index (χ1) is 14.4. The second-order valence-corrected chi connectivity index (χ2v) is 8.97. The van der Waals surface area contributed by atoms with Crippen molar-refractivity contribution >= 4 is 49.7 Å². The zero-order valence-corrected chi connectivity index (χ0v) is 23.4. The summed E-state index contributed by atoms with van der Waals surface area (Å²) in [4.78, 5) is 20.9. The fourth-order valence-corrected chi connectivity index (χ4v) is 3.40. The van der Waals surface area contributed by atoms with Crippen molar-refractivity contribution in [1.82, 2.24) is 0 Å². The van der Waals surface area contributed by atoms with Gasteiger partial charge in [0, 0.05) is 11.9 Å². The predicted octanol–water partition coefficient (Wildman–Crippen LogP) is 5.43. The van der Waals surface area contributed by atoms with Crippen molar-refractivity contribution in [3.8, 4) is 0 Å². The molecule has 0 heterocycles. The summed E-state index contributed by atoms with van der Waals surface area (Å²) in [7, 11) is 0. The van der Waals surface area contributed by atoms with E-state index in [1.807, 2.05) is 0 Å². The summed E-state index contributed by atoms with van der Waals surface area (Å²) in [5.74, 6) is -2.36. The predicted molar refractivity (Wildman–Crippen MR) is 129 cm³/mol. The van der Waals surface area contributed by atoms with Gasteiger partial charge in [-0.2, -0.15) is 0 Å². The van der Waals surface area contributed by atoms with E-state index >= 15 is 0 Å².